The topological polar surface area (TPSA) is 64.8 Å². The van der Waals surface area contributed by atoms with E-state index >= 15 is 0 Å². The maximum atomic E-state index is 12.8. The van der Waals surface area contributed by atoms with Crippen LogP contribution in [0.15, 0.2) is 18.2 Å². The lowest BCUT2D eigenvalue weighted by molar-refractivity contribution is 0.0775. The Morgan fingerprint density at radius 3 is 2.71 bits per heavy atom. The van der Waals surface area contributed by atoms with E-state index in [4.69, 9.17) is 15.2 Å². The Bertz CT molecular complexity index is 546. The van der Waals surface area contributed by atoms with E-state index in [-0.39, 0.29) is 11.9 Å². The van der Waals surface area contributed by atoms with Gasteiger partial charge in [0.15, 0.2) is 11.5 Å². The van der Waals surface area contributed by atoms with Crippen LogP contribution in [0.2, 0.25) is 0 Å². The fourth-order valence-corrected chi connectivity index (χ4v) is 3.70. The van der Waals surface area contributed by atoms with E-state index in [1.165, 1.54) is 0 Å². The molecule has 2 fully saturated rings. The molecule has 1 amide bonds. The predicted molar refractivity (Wildman–Crippen MR) is 79.6 cm³/mol. The number of carbonyl (C=O) groups excluding carboxylic acids is 1. The number of nitrogens with zero attached hydrogens (tertiary/aromatic N) is 1. The van der Waals surface area contributed by atoms with E-state index in [2.05, 4.69) is 0 Å². The molecule has 1 aliphatic carbocycles. The van der Waals surface area contributed by atoms with Gasteiger partial charge in [-0.3, -0.25) is 4.79 Å². The van der Waals surface area contributed by atoms with Crippen molar-refractivity contribution in [2.75, 3.05) is 27.3 Å². The summed E-state index contributed by atoms with van der Waals surface area (Å²) in [7, 11) is 3.13. The number of ether oxygens (including phenoxy) is 2. The van der Waals surface area contributed by atoms with Crippen LogP contribution < -0.4 is 15.2 Å². The summed E-state index contributed by atoms with van der Waals surface area (Å²) < 4.78 is 10.6. The van der Waals surface area contributed by atoms with Gasteiger partial charge in [0.05, 0.1) is 19.8 Å². The third-order valence-electron chi connectivity index (χ3n) is 4.83. The SMILES string of the molecule is COc1cccc(C(=O)N2CC3CCC(N)C3C2)c1OC. The number of para-hydroxylation sites is 1. The van der Waals surface area contributed by atoms with E-state index in [9.17, 15) is 4.79 Å². The zero-order chi connectivity index (χ0) is 15.0. The molecule has 2 aliphatic rings. The molecule has 0 aromatic heterocycles. The van der Waals surface area contributed by atoms with Gasteiger partial charge in [0, 0.05) is 19.1 Å². The van der Waals surface area contributed by atoms with Crippen LogP contribution in [-0.4, -0.2) is 44.2 Å². The minimum absolute atomic E-state index is 0.00681. The molecule has 1 aromatic carbocycles. The summed E-state index contributed by atoms with van der Waals surface area (Å²) in [5.74, 6) is 2.10. The highest BCUT2D eigenvalue weighted by Gasteiger charge is 2.43. The van der Waals surface area contributed by atoms with Crippen LogP contribution in [0.4, 0.5) is 0 Å². The summed E-state index contributed by atoms with van der Waals surface area (Å²) in [6.07, 6.45) is 2.21. The van der Waals surface area contributed by atoms with Crippen molar-refractivity contribution in [2.45, 2.75) is 18.9 Å². The number of methoxy groups -OCH3 is 2. The van der Waals surface area contributed by atoms with E-state index in [1.807, 2.05) is 11.0 Å². The highest BCUT2D eigenvalue weighted by Crippen LogP contribution is 2.39. The van der Waals surface area contributed by atoms with Crippen molar-refractivity contribution < 1.29 is 14.3 Å². The first-order valence-corrected chi connectivity index (χ1v) is 7.41. The quantitative estimate of drug-likeness (QED) is 0.916. The lowest BCUT2D eigenvalue weighted by atomic mass is 9.98. The average Bonchev–Trinajstić information content (AvgIpc) is 3.08. The summed E-state index contributed by atoms with van der Waals surface area (Å²) >= 11 is 0. The van der Waals surface area contributed by atoms with Crippen LogP contribution in [0.25, 0.3) is 0 Å². The number of hydrogen-bond donors (Lipinski definition) is 1. The molecule has 1 heterocycles. The fourth-order valence-electron chi connectivity index (χ4n) is 3.70. The van der Waals surface area contributed by atoms with Crippen LogP contribution in [0, 0.1) is 11.8 Å². The molecule has 1 aromatic rings. The van der Waals surface area contributed by atoms with Crippen LogP contribution >= 0.6 is 0 Å². The fraction of sp³-hybridized carbons (Fsp3) is 0.562. The van der Waals surface area contributed by atoms with Gasteiger partial charge < -0.3 is 20.1 Å². The molecule has 2 N–H and O–H groups in total. The summed E-state index contributed by atoms with van der Waals surface area (Å²) in [6.45, 7) is 1.56. The molecule has 0 bridgehead atoms. The molecule has 1 aliphatic heterocycles. The zero-order valence-corrected chi connectivity index (χ0v) is 12.5. The summed E-state index contributed by atoms with van der Waals surface area (Å²) in [4.78, 5) is 14.7. The monoisotopic (exact) mass is 290 g/mol. The maximum Gasteiger partial charge on any atom is 0.257 e. The first kappa shape index (κ1) is 14.2. The van der Waals surface area contributed by atoms with E-state index < -0.39 is 0 Å². The number of hydrogen-bond acceptors (Lipinski definition) is 4. The van der Waals surface area contributed by atoms with Gasteiger partial charge in [0.1, 0.15) is 0 Å². The average molecular weight is 290 g/mol. The highest BCUT2D eigenvalue weighted by atomic mass is 16.5. The van der Waals surface area contributed by atoms with Crippen LogP contribution in [0.3, 0.4) is 0 Å². The molecule has 1 saturated heterocycles. The number of carbonyl (C=O) groups is 1. The molecule has 5 nitrogen and oxygen atoms in total. The Hall–Kier alpha value is -1.75. The number of likely N-dealkylation sites (tertiary alicyclic amines) is 1. The van der Waals surface area contributed by atoms with Gasteiger partial charge in [-0.2, -0.15) is 0 Å². The largest absolute Gasteiger partial charge is 0.493 e. The summed E-state index contributed by atoms with van der Waals surface area (Å²) in [6, 6.07) is 5.64. The van der Waals surface area contributed by atoms with Crippen LogP contribution in [-0.2, 0) is 0 Å². The molecule has 5 heteroatoms. The Morgan fingerprint density at radius 2 is 2.05 bits per heavy atom. The van der Waals surface area contributed by atoms with Crippen LogP contribution in [0.1, 0.15) is 23.2 Å². The highest BCUT2D eigenvalue weighted by molar-refractivity contribution is 5.98. The summed E-state index contributed by atoms with van der Waals surface area (Å²) in [5.41, 5.74) is 6.70. The van der Waals surface area contributed by atoms with E-state index in [1.54, 1.807) is 26.4 Å². The third kappa shape index (κ3) is 2.35. The van der Waals surface area contributed by atoms with Crippen molar-refractivity contribution in [2.24, 2.45) is 17.6 Å². The number of rotatable bonds is 3. The second-order valence-corrected chi connectivity index (χ2v) is 5.92. The van der Waals surface area contributed by atoms with Gasteiger partial charge in [0.2, 0.25) is 0 Å². The van der Waals surface area contributed by atoms with Crippen molar-refractivity contribution >= 4 is 5.91 Å². The zero-order valence-electron chi connectivity index (χ0n) is 12.5. The molecular formula is C16H22N2O3. The minimum Gasteiger partial charge on any atom is -0.493 e. The van der Waals surface area contributed by atoms with Gasteiger partial charge in [-0.1, -0.05) is 6.07 Å². The Morgan fingerprint density at radius 1 is 1.24 bits per heavy atom. The molecule has 21 heavy (non-hydrogen) atoms. The number of nitrogens with two attached hydrogens (primary N) is 1. The van der Waals surface area contributed by atoms with Crippen molar-refractivity contribution in [1.29, 1.82) is 0 Å². The molecule has 3 unspecified atom stereocenters. The van der Waals surface area contributed by atoms with Gasteiger partial charge in [-0.15, -0.1) is 0 Å². The Kier molecular flexibility index (Phi) is 3.76. The van der Waals surface area contributed by atoms with Gasteiger partial charge >= 0.3 is 0 Å². The minimum atomic E-state index is 0.00681. The number of amides is 1. The second kappa shape index (κ2) is 5.56. The first-order chi connectivity index (χ1) is 10.2. The van der Waals surface area contributed by atoms with Gasteiger partial charge in [0.25, 0.3) is 5.91 Å². The number of fused-ring (bicyclic) bond motifs is 1. The second-order valence-electron chi connectivity index (χ2n) is 5.92. The maximum absolute atomic E-state index is 12.8. The molecule has 114 valence electrons. The standard InChI is InChI=1S/C16H22N2O3/c1-20-14-5-3-4-11(15(14)21-2)16(19)18-8-10-6-7-13(17)12(10)9-18/h3-5,10,12-13H,6-9,17H2,1-2H3. The van der Waals surface area contributed by atoms with Crippen molar-refractivity contribution in [3.05, 3.63) is 23.8 Å². The molecule has 3 rings (SSSR count). The van der Waals surface area contributed by atoms with Gasteiger partial charge in [-0.05, 0) is 36.8 Å². The number of benzene rings is 1. The van der Waals surface area contributed by atoms with Crippen LogP contribution in [0.5, 0.6) is 11.5 Å². The predicted octanol–water partition coefficient (Wildman–Crippen LogP) is 1.51. The van der Waals surface area contributed by atoms with Crippen molar-refractivity contribution in [1.82, 2.24) is 4.90 Å². The normalized spacial score (nSPS) is 27.6. The first-order valence-electron chi connectivity index (χ1n) is 7.41. The molecule has 3 atom stereocenters. The summed E-state index contributed by atoms with van der Waals surface area (Å²) in [5, 5.41) is 0. The molecule has 0 radical (unpaired) electrons. The molecular weight excluding hydrogens is 268 g/mol. The lowest BCUT2D eigenvalue weighted by Crippen LogP contribution is -2.33. The lowest BCUT2D eigenvalue weighted by Gasteiger charge is -2.20. The smallest absolute Gasteiger partial charge is 0.257 e. The Balaban J connectivity index is 1.83. The Labute approximate surface area is 125 Å². The van der Waals surface area contributed by atoms with Gasteiger partial charge in [-0.25, -0.2) is 0 Å². The van der Waals surface area contributed by atoms with E-state index in [0.29, 0.717) is 28.9 Å². The van der Waals surface area contributed by atoms with E-state index in [0.717, 1.165) is 25.9 Å². The molecule has 0 spiro atoms. The third-order valence-corrected chi connectivity index (χ3v) is 4.83. The van der Waals surface area contributed by atoms with Crippen molar-refractivity contribution in [3.63, 3.8) is 0 Å². The van der Waals surface area contributed by atoms with Crippen molar-refractivity contribution in [3.8, 4) is 11.5 Å². The molecule has 1 saturated carbocycles.